The van der Waals surface area contributed by atoms with Crippen molar-refractivity contribution in [1.29, 1.82) is 0 Å². The van der Waals surface area contributed by atoms with Crippen LogP contribution in [0.4, 0.5) is 0 Å². The summed E-state index contributed by atoms with van der Waals surface area (Å²) in [4.78, 5) is 11.9. The summed E-state index contributed by atoms with van der Waals surface area (Å²) in [5.41, 5.74) is 2.04. The van der Waals surface area contributed by atoms with Crippen molar-refractivity contribution in [3.8, 4) is 5.75 Å². The van der Waals surface area contributed by atoms with E-state index in [9.17, 15) is 4.79 Å². The molecule has 1 N–H and O–H groups in total. The maximum atomic E-state index is 11.9. The molecule has 3 nitrogen and oxygen atoms in total. The minimum atomic E-state index is -0.109. The SMILES string of the molecule is COc1ccc([C@H](C)NC(=O)/C=C/c2ccccc2)cc1. The molecule has 3 heteroatoms. The summed E-state index contributed by atoms with van der Waals surface area (Å²) in [6.45, 7) is 1.95. The summed E-state index contributed by atoms with van der Waals surface area (Å²) < 4.78 is 5.12. The first-order valence-corrected chi connectivity index (χ1v) is 6.86. The number of benzene rings is 2. The molecule has 0 saturated carbocycles. The van der Waals surface area contributed by atoms with Crippen molar-refractivity contribution in [3.63, 3.8) is 0 Å². The average molecular weight is 281 g/mol. The molecule has 2 rings (SSSR count). The van der Waals surface area contributed by atoms with Crippen LogP contribution in [-0.2, 0) is 4.79 Å². The molecular weight excluding hydrogens is 262 g/mol. The van der Waals surface area contributed by atoms with E-state index in [0.29, 0.717) is 0 Å². The van der Waals surface area contributed by atoms with Crippen molar-refractivity contribution in [1.82, 2.24) is 5.32 Å². The Balaban J connectivity index is 1.93. The van der Waals surface area contributed by atoms with Gasteiger partial charge < -0.3 is 10.1 Å². The Hall–Kier alpha value is -2.55. The van der Waals surface area contributed by atoms with Gasteiger partial charge in [0.05, 0.1) is 13.2 Å². The summed E-state index contributed by atoms with van der Waals surface area (Å²) >= 11 is 0. The van der Waals surface area contributed by atoms with Gasteiger partial charge in [0.1, 0.15) is 5.75 Å². The largest absolute Gasteiger partial charge is 0.497 e. The van der Waals surface area contributed by atoms with Crippen LogP contribution in [0, 0.1) is 0 Å². The molecule has 0 aromatic heterocycles. The first-order chi connectivity index (χ1) is 10.2. The van der Waals surface area contributed by atoms with Gasteiger partial charge in [-0.3, -0.25) is 4.79 Å². The fourth-order valence-electron chi connectivity index (χ4n) is 1.97. The van der Waals surface area contributed by atoms with Crippen molar-refractivity contribution >= 4 is 12.0 Å². The highest BCUT2D eigenvalue weighted by Gasteiger charge is 2.07. The lowest BCUT2D eigenvalue weighted by Gasteiger charge is -2.13. The van der Waals surface area contributed by atoms with Crippen molar-refractivity contribution in [2.45, 2.75) is 13.0 Å². The first kappa shape index (κ1) is 14.9. The lowest BCUT2D eigenvalue weighted by atomic mass is 10.1. The minimum Gasteiger partial charge on any atom is -0.497 e. The third kappa shape index (κ3) is 4.49. The molecular formula is C18H19NO2. The maximum absolute atomic E-state index is 11.9. The maximum Gasteiger partial charge on any atom is 0.244 e. The highest BCUT2D eigenvalue weighted by Crippen LogP contribution is 2.17. The Morgan fingerprint density at radius 2 is 1.76 bits per heavy atom. The Bertz CT molecular complexity index is 603. The van der Waals surface area contributed by atoms with Crippen LogP contribution < -0.4 is 10.1 Å². The summed E-state index contributed by atoms with van der Waals surface area (Å²) in [5, 5.41) is 2.94. The highest BCUT2D eigenvalue weighted by molar-refractivity contribution is 5.91. The zero-order chi connectivity index (χ0) is 15.1. The van der Waals surface area contributed by atoms with E-state index in [4.69, 9.17) is 4.74 Å². The van der Waals surface area contributed by atoms with Gasteiger partial charge >= 0.3 is 0 Å². The number of methoxy groups -OCH3 is 1. The lowest BCUT2D eigenvalue weighted by Crippen LogP contribution is -2.24. The zero-order valence-corrected chi connectivity index (χ0v) is 12.2. The second kappa shape index (κ2) is 7.29. The van der Waals surface area contributed by atoms with Gasteiger partial charge in [-0.1, -0.05) is 42.5 Å². The van der Waals surface area contributed by atoms with Crippen molar-refractivity contribution < 1.29 is 9.53 Å². The number of hydrogen-bond acceptors (Lipinski definition) is 2. The van der Waals surface area contributed by atoms with Gasteiger partial charge in [0, 0.05) is 6.08 Å². The van der Waals surface area contributed by atoms with E-state index in [-0.39, 0.29) is 11.9 Å². The van der Waals surface area contributed by atoms with Gasteiger partial charge in [-0.2, -0.15) is 0 Å². The van der Waals surface area contributed by atoms with Crippen LogP contribution in [-0.4, -0.2) is 13.0 Å². The Morgan fingerprint density at radius 3 is 2.38 bits per heavy atom. The fraction of sp³-hybridized carbons (Fsp3) is 0.167. The molecule has 0 spiro atoms. The lowest BCUT2D eigenvalue weighted by molar-refractivity contribution is -0.117. The van der Waals surface area contributed by atoms with Gasteiger partial charge in [-0.05, 0) is 36.3 Å². The fourth-order valence-corrected chi connectivity index (χ4v) is 1.97. The van der Waals surface area contributed by atoms with Crippen LogP contribution in [0.1, 0.15) is 24.1 Å². The Labute approximate surface area is 125 Å². The van der Waals surface area contributed by atoms with Crippen LogP contribution in [0.5, 0.6) is 5.75 Å². The molecule has 0 aliphatic rings. The molecule has 1 atom stereocenters. The molecule has 0 fully saturated rings. The molecule has 0 radical (unpaired) electrons. The quantitative estimate of drug-likeness (QED) is 0.851. The van der Waals surface area contributed by atoms with Crippen molar-refractivity contribution in [2.75, 3.05) is 7.11 Å². The van der Waals surface area contributed by atoms with Crippen LogP contribution in [0.25, 0.3) is 6.08 Å². The number of hydrogen-bond donors (Lipinski definition) is 1. The molecule has 0 aliphatic carbocycles. The monoisotopic (exact) mass is 281 g/mol. The molecule has 0 saturated heterocycles. The number of amides is 1. The van der Waals surface area contributed by atoms with E-state index < -0.39 is 0 Å². The third-order valence-corrected chi connectivity index (χ3v) is 3.20. The predicted octanol–water partition coefficient (Wildman–Crippen LogP) is 3.59. The Morgan fingerprint density at radius 1 is 1.10 bits per heavy atom. The number of carbonyl (C=O) groups excluding carboxylic acids is 1. The van der Waals surface area contributed by atoms with Gasteiger partial charge in [0.2, 0.25) is 5.91 Å². The van der Waals surface area contributed by atoms with E-state index in [1.165, 1.54) is 0 Å². The summed E-state index contributed by atoms with van der Waals surface area (Å²) in [5.74, 6) is 0.698. The van der Waals surface area contributed by atoms with Gasteiger partial charge in [-0.15, -0.1) is 0 Å². The molecule has 21 heavy (non-hydrogen) atoms. The summed E-state index contributed by atoms with van der Waals surface area (Å²) in [6, 6.07) is 17.4. The molecule has 0 unspecified atom stereocenters. The normalized spacial score (nSPS) is 12.1. The molecule has 0 heterocycles. The molecule has 2 aromatic carbocycles. The second-order valence-electron chi connectivity index (χ2n) is 4.75. The van der Waals surface area contributed by atoms with E-state index >= 15 is 0 Å². The summed E-state index contributed by atoms with van der Waals surface area (Å²) in [6.07, 6.45) is 3.35. The van der Waals surface area contributed by atoms with Crippen LogP contribution in [0.15, 0.2) is 60.7 Å². The topological polar surface area (TPSA) is 38.3 Å². The number of carbonyl (C=O) groups is 1. The second-order valence-corrected chi connectivity index (χ2v) is 4.75. The van der Waals surface area contributed by atoms with Crippen molar-refractivity contribution in [2.24, 2.45) is 0 Å². The number of ether oxygens (including phenoxy) is 1. The minimum absolute atomic E-state index is 0.0520. The molecule has 108 valence electrons. The zero-order valence-electron chi connectivity index (χ0n) is 12.2. The van der Waals surface area contributed by atoms with Crippen LogP contribution >= 0.6 is 0 Å². The predicted molar refractivity (Wildman–Crippen MR) is 85.0 cm³/mol. The smallest absolute Gasteiger partial charge is 0.244 e. The van der Waals surface area contributed by atoms with Gasteiger partial charge in [0.25, 0.3) is 0 Å². The van der Waals surface area contributed by atoms with Crippen molar-refractivity contribution in [3.05, 3.63) is 71.8 Å². The van der Waals surface area contributed by atoms with E-state index in [0.717, 1.165) is 16.9 Å². The Kier molecular flexibility index (Phi) is 5.16. The van der Waals surface area contributed by atoms with E-state index in [1.807, 2.05) is 61.5 Å². The third-order valence-electron chi connectivity index (χ3n) is 3.20. The van der Waals surface area contributed by atoms with Gasteiger partial charge in [0.15, 0.2) is 0 Å². The van der Waals surface area contributed by atoms with E-state index in [2.05, 4.69) is 5.32 Å². The first-order valence-electron chi connectivity index (χ1n) is 6.86. The molecule has 0 bridgehead atoms. The number of nitrogens with one attached hydrogen (secondary N) is 1. The average Bonchev–Trinajstić information content (AvgIpc) is 2.54. The van der Waals surface area contributed by atoms with Crippen LogP contribution in [0.3, 0.4) is 0 Å². The molecule has 0 aliphatic heterocycles. The van der Waals surface area contributed by atoms with Crippen LogP contribution in [0.2, 0.25) is 0 Å². The molecule has 1 amide bonds. The van der Waals surface area contributed by atoms with E-state index in [1.54, 1.807) is 19.3 Å². The number of rotatable bonds is 5. The standard InChI is InChI=1S/C18H19NO2/c1-14(16-9-11-17(21-2)12-10-16)19-18(20)13-8-15-6-4-3-5-7-15/h3-14H,1-2H3,(H,19,20)/b13-8+/t14-/m0/s1. The summed E-state index contributed by atoms with van der Waals surface area (Å²) in [7, 11) is 1.63. The molecule has 2 aromatic rings. The van der Waals surface area contributed by atoms with Gasteiger partial charge in [-0.25, -0.2) is 0 Å². The highest BCUT2D eigenvalue weighted by atomic mass is 16.5.